The maximum absolute atomic E-state index is 11.1. The highest BCUT2D eigenvalue weighted by Gasteiger charge is 2.54. The first-order valence-electron chi connectivity index (χ1n) is 9.60. The van der Waals surface area contributed by atoms with Crippen LogP contribution in [0.15, 0.2) is 0 Å². The van der Waals surface area contributed by atoms with Crippen molar-refractivity contribution in [2.75, 3.05) is 13.1 Å². The average molecular weight is 291 g/mol. The Morgan fingerprint density at radius 2 is 1.52 bits per heavy atom. The number of hydrogen-bond donors (Lipinski definition) is 1. The van der Waals surface area contributed by atoms with Crippen LogP contribution in [0.5, 0.6) is 0 Å². The third-order valence-electron chi connectivity index (χ3n) is 7.45. The second-order valence-electron chi connectivity index (χ2n) is 8.82. The maximum Gasteiger partial charge on any atom is 0.0723 e. The molecule has 120 valence electrons. The Kier molecular flexibility index (Phi) is 3.82. The van der Waals surface area contributed by atoms with E-state index < -0.39 is 0 Å². The molecule has 1 atom stereocenters. The van der Waals surface area contributed by atoms with Crippen LogP contribution in [-0.2, 0) is 0 Å². The van der Waals surface area contributed by atoms with Crippen LogP contribution in [0, 0.1) is 23.2 Å². The SMILES string of the molecule is CCN(CC(O)C12CC3CC(CC(C3)C1)C2)C1CCCC1. The van der Waals surface area contributed by atoms with Crippen molar-refractivity contribution < 1.29 is 5.11 Å². The third kappa shape index (κ3) is 2.57. The fourth-order valence-corrected chi connectivity index (χ4v) is 6.81. The highest BCUT2D eigenvalue weighted by atomic mass is 16.3. The molecule has 0 aromatic heterocycles. The molecule has 0 radical (unpaired) electrons. The van der Waals surface area contributed by atoms with Gasteiger partial charge >= 0.3 is 0 Å². The van der Waals surface area contributed by atoms with Crippen molar-refractivity contribution in [2.45, 2.75) is 83.3 Å². The first kappa shape index (κ1) is 14.5. The summed E-state index contributed by atoms with van der Waals surface area (Å²) in [7, 11) is 0. The normalized spacial score (nSPS) is 43.9. The molecule has 0 aromatic carbocycles. The molecule has 5 fully saturated rings. The molecule has 1 unspecified atom stereocenters. The average Bonchev–Trinajstić information content (AvgIpc) is 2.97. The van der Waals surface area contributed by atoms with Gasteiger partial charge in [-0.1, -0.05) is 19.8 Å². The molecule has 5 rings (SSSR count). The van der Waals surface area contributed by atoms with Crippen LogP contribution in [0.3, 0.4) is 0 Å². The van der Waals surface area contributed by atoms with Gasteiger partial charge in [0.15, 0.2) is 0 Å². The zero-order chi connectivity index (χ0) is 14.4. The van der Waals surface area contributed by atoms with Crippen LogP contribution < -0.4 is 0 Å². The monoisotopic (exact) mass is 291 g/mol. The standard InChI is InChI=1S/C19H33NO/c1-2-20(17-5-3-4-6-17)13-18(21)19-10-14-7-15(11-19)9-16(8-14)12-19/h14-18,21H,2-13H2,1H3. The highest BCUT2D eigenvalue weighted by molar-refractivity contribution is 5.05. The second kappa shape index (κ2) is 5.53. The molecule has 2 heteroatoms. The Morgan fingerprint density at radius 1 is 1.00 bits per heavy atom. The molecular weight excluding hydrogens is 258 g/mol. The summed E-state index contributed by atoms with van der Waals surface area (Å²) in [6.07, 6.45) is 13.9. The fraction of sp³-hybridized carbons (Fsp3) is 1.00. The predicted molar refractivity (Wildman–Crippen MR) is 86.1 cm³/mol. The topological polar surface area (TPSA) is 23.5 Å². The highest BCUT2D eigenvalue weighted by Crippen LogP contribution is 2.61. The molecule has 0 amide bonds. The van der Waals surface area contributed by atoms with E-state index in [0.717, 1.165) is 36.9 Å². The third-order valence-corrected chi connectivity index (χ3v) is 7.45. The molecule has 5 aliphatic carbocycles. The van der Waals surface area contributed by atoms with Gasteiger partial charge in [0.1, 0.15) is 0 Å². The van der Waals surface area contributed by atoms with Crippen LogP contribution in [-0.4, -0.2) is 35.2 Å². The lowest BCUT2D eigenvalue weighted by Crippen LogP contribution is -2.55. The van der Waals surface area contributed by atoms with Gasteiger partial charge in [-0.3, -0.25) is 4.90 Å². The van der Waals surface area contributed by atoms with E-state index in [2.05, 4.69) is 11.8 Å². The summed E-state index contributed by atoms with van der Waals surface area (Å²) in [4.78, 5) is 2.61. The van der Waals surface area contributed by atoms with Crippen LogP contribution >= 0.6 is 0 Å². The molecule has 0 aliphatic heterocycles. The molecule has 5 saturated carbocycles. The van der Waals surface area contributed by atoms with Gasteiger partial charge in [0, 0.05) is 12.6 Å². The number of hydrogen-bond acceptors (Lipinski definition) is 2. The predicted octanol–water partition coefficient (Wildman–Crippen LogP) is 3.83. The zero-order valence-corrected chi connectivity index (χ0v) is 13.8. The number of nitrogens with zero attached hydrogens (tertiary/aromatic N) is 1. The van der Waals surface area contributed by atoms with E-state index in [0.29, 0.717) is 5.41 Å². The van der Waals surface area contributed by atoms with Gasteiger partial charge in [-0.25, -0.2) is 0 Å². The summed E-state index contributed by atoms with van der Waals surface area (Å²) < 4.78 is 0. The van der Waals surface area contributed by atoms with Gasteiger partial charge in [0.25, 0.3) is 0 Å². The van der Waals surface area contributed by atoms with Gasteiger partial charge in [-0.15, -0.1) is 0 Å². The molecule has 0 spiro atoms. The molecule has 5 aliphatic rings. The van der Waals surface area contributed by atoms with Crippen molar-refractivity contribution >= 4 is 0 Å². The first-order chi connectivity index (χ1) is 10.2. The Labute approximate surface area is 130 Å². The van der Waals surface area contributed by atoms with E-state index >= 15 is 0 Å². The lowest BCUT2D eigenvalue weighted by molar-refractivity contribution is -0.128. The Bertz CT molecular complexity index is 338. The van der Waals surface area contributed by atoms with Crippen molar-refractivity contribution in [2.24, 2.45) is 23.2 Å². The van der Waals surface area contributed by atoms with Crippen molar-refractivity contribution in [3.05, 3.63) is 0 Å². The summed E-state index contributed by atoms with van der Waals surface area (Å²) in [5, 5.41) is 11.1. The molecule has 0 saturated heterocycles. The molecule has 0 aromatic rings. The maximum atomic E-state index is 11.1. The minimum absolute atomic E-state index is 0.0635. The molecule has 21 heavy (non-hydrogen) atoms. The minimum Gasteiger partial charge on any atom is -0.391 e. The van der Waals surface area contributed by atoms with Gasteiger partial charge in [-0.05, 0) is 81.1 Å². The number of aliphatic hydroxyl groups excluding tert-OH is 1. The lowest BCUT2D eigenvalue weighted by atomic mass is 9.48. The van der Waals surface area contributed by atoms with Gasteiger partial charge < -0.3 is 5.11 Å². The van der Waals surface area contributed by atoms with E-state index in [1.54, 1.807) is 0 Å². The molecule has 4 bridgehead atoms. The Hall–Kier alpha value is -0.0800. The summed E-state index contributed by atoms with van der Waals surface area (Å²) >= 11 is 0. The lowest BCUT2D eigenvalue weighted by Gasteiger charge is -2.59. The Balaban J connectivity index is 1.45. The molecule has 0 heterocycles. The van der Waals surface area contributed by atoms with Gasteiger partial charge in [0.05, 0.1) is 6.10 Å². The van der Waals surface area contributed by atoms with Crippen LogP contribution in [0.25, 0.3) is 0 Å². The summed E-state index contributed by atoms with van der Waals surface area (Å²) in [5.74, 6) is 2.85. The van der Waals surface area contributed by atoms with Crippen LogP contribution in [0.1, 0.15) is 71.1 Å². The second-order valence-corrected chi connectivity index (χ2v) is 8.82. The van der Waals surface area contributed by atoms with Crippen molar-refractivity contribution in [3.63, 3.8) is 0 Å². The van der Waals surface area contributed by atoms with E-state index in [4.69, 9.17) is 0 Å². The number of aliphatic hydroxyl groups is 1. The van der Waals surface area contributed by atoms with Gasteiger partial charge in [-0.2, -0.15) is 0 Å². The molecule has 2 nitrogen and oxygen atoms in total. The van der Waals surface area contributed by atoms with Crippen molar-refractivity contribution in [1.82, 2.24) is 4.90 Å². The van der Waals surface area contributed by atoms with E-state index in [-0.39, 0.29) is 6.10 Å². The van der Waals surface area contributed by atoms with Crippen molar-refractivity contribution in [3.8, 4) is 0 Å². The smallest absolute Gasteiger partial charge is 0.0723 e. The first-order valence-corrected chi connectivity index (χ1v) is 9.60. The summed E-state index contributed by atoms with van der Waals surface area (Å²) in [5.41, 5.74) is 0.306. The zero-order valence-electron chi connectivity index (χ0n) is 13.8. The summed E-state index contributed by atoms with van der Waals surface area (Å²) in [6, 6.07) is 0.763. The van der Waals surface area contributed by atoms with Gasteiger partial charge in [0.2, 0.25) is 0 Å². The largest absolute Gasteiger partial charge is 0.391 e. The summed E-state index contributed by atoms with van der Waals surface area (Å²) in [6.45, 7) is 4.35. The number of rotatable bonds is 5. The molecular formula is C19H33NO. The quantitative estimate of drug-likeness (QED) is 0.832. The Morgan fingerprint density at radius 3 is 2.00 bits per heavy atom. The van der Waals surface area contributed by atoms with E-state index in [1.807, 2.05) is 0 Å². The van der Waals surface area contributed by atoms with Crippen molar-refractivity contribution in [1.29, 1.82) is 0 Å². The fourth-order valence-electron chi connectivity index (χ4n) is 6.81. The number of likely N-dealkylation sites (N-methyl/N-ethyl adjacent to an activating group) is 1. The molecule has 1 N–H and O–H groups in total. The van der Waals surface area contributed by atoms with E-state index in [9.17, 15) is 5.11 Å². The van der Waals surface area contributed by atoms with E-state index in [1.165, 1.54) is 64.2 Å². The van der Waals surface area contributed by atoms with Crippen LogP contribution in [0.2, 0.25) is 0 Å². The minimum atomic E-state index is -0.0635. The van der Waals surface area contributed by atoms with Crippen LogP contribution in [0.4, 0.5) is 0 Å².